The summed E-state index contributed by atoms with van der Waals surface area (Å²) in [5.74, 6) is -0.715. The highest BCUT2D eigenvalue weighted by Crippen LogP contribution is 2.31. The van der Waals surface area contributed by atoms with Crippen LogP contribution < -0.4 is 5.32 Å². The summed E-state index contributed by atoms with van der Waals surface area (Å²) in [6, 6.07) is 2.04. The molecule has 1 aromatic rings. The van der Waals surface area contributed by atoms with Crippen LogP contribution in [0.25, 0.3) is 0 Å². The van der Waals surface area contributed by atoms with E-state index in [-0.39, 0.29) is 12.1 Å². The first-order chi connectivity index (χ1) is 8.75. The summed E-state index contributed by atoms with van der Waals surface area (Å²) in [4.78, 5) is 11.1. The van der Waals surface area contributed by atoms with Gasteiger partial charge >= 0.3 is 5.97 Å². The lowest BCUT2D eigenvalue weighted by Gasteiger charge is -2.30. The van der Waals surface area contributed by atoms with Gasteiger partial charge < -0.3 is 9.67 Å². The van der Waals surface area contributed by atoms with Gasteiger partial charge in [-0.2, -0.15) is 0 Å². The van der Waals surface area contributed by atoms with Gasteiger partial charge in [0.1, 0.15) is 6.04 Å². The Labute approximate surface area is 107 Å². The summed E-state index contributed by atoms with van der Waals surface area (Å²) < 4.78 is 2.34. The fraction of sp³-hybridized carbons (Fsp3) is 0.643. The zero-order chi connectivity index (χ0) is 12.5. The number of aliphatic carboxylic acids is 1. The van der Waals surface area contributed by atoms with Gasteiger partial charge in [-0.25, -0.2) is 0 Å². The van der Waals surface area contributed by atoms with Crippen LogP contribution in [0, 0.1) is 0 Å². The molecule has 2 aliphatic rings. The Balaban J connectivity index is 1.82. The maximum atomic E-state index is 11.1. The SMILES string of the molecule is O=C(O)C1CCCC(c2ccn3c2CCCC3)N1. The second kappa shape index (κ2) is 4.76. The number of nitrogens with zero attached hydrogens (tertiary/aromatic N) is 1. The molecular formula is C14H20N2O2. The molecule has 0 aliphatic carbocycles. The number of fused-ring (bicyclic) bond motifs is 1. The van der Waals surface area contributed by atoms with Crippen LogP contribution in [0.2, 0.25) is 0 Å². The highest BCUT2D eigenvalue weighted by molar-refractivity contribution is 5.73. The van der Waals surface area contributed by atoms with Gasteiger partial charge in [-0.3, -0.25) is 10.1 Å². The lowest BCUT2D eigenvalue weighted by Crippen LogP contribution is -2.42. The monoisotopic (exact) mass is 248 g/mol. The van der Waals surface area contributed by atoms with Crippen LogP contribution in [0.3, 0.4) is 0 Å². The van der Waals surface area contributed by atoms with Gasteiger partial charge in [0.15, 0.2) is 0 Å². The maximum Gasteiger partial charge on any atom is 0.320 e. The van der Waals surface area contributed by atoms with Crippen molar-refractivity contribution < 1.29 is 9.90 Å². The highest BCUT2D eigenvalue weighted by Gasteiger charge is 2.29. The molecule has 0 bridgehead atoms. The Hall–Kier alpha value is -1.29. The van der Waals surface area contributed by atoms with Gasteiger partial charge in [0.05, 0.1) is 0 Å². The molecule has 4 nitrogen and oxygen atoms in total. The van der Waals surface area contributed by atoms with Crippen LogP contribution in [0.5, 0.6) is 0 Å². The van der Waals surface area contributed by atoms with Gasteiger partial charge in [0.25, 0.3) is 0 Å². The maximum absolute atomic E-state index is 11.1. The van der Waals surface area contributed by atoms with Crippen molar-refractivity contribution in [3.8, 4) is 0 Å². The molecule has 98 valence electrons. The highest BCUT2D eigenvalue weighted by atomic mass is 16.4. The molecule has 4 heteroatoms. The van der Waals surface area contributed by atoms with E-state index >= 15 is 0 Å². The molecule has 2 N–H and O–H groups in total. The smallest absolute Gasteiger partial charge is 0.320 e. The standard InChI is InChI=1S/C14H20N2O2/c17-14(18)12-5-3-4-11(15-12)10-7-9-16-8-2-1-6-13(10)16/h7,9,11-12,15H,1-6,8H2,(H,17,18). The third kappa shape index (κ3) is 2.05. The van der Waals surface area contributed by atoms with E-state index in [4.69, 9.17) is 5.11 Å². The average Bonchev–Trinajstić information content (AvgIpc) is 2.82. The van der Waals surface area contributed by atoms with Crippen molar-refractivity contribution in [2.24, 2.45) is 0 Å². The van der Waals surface area contributed by atoms with Crippen LogP contribution >= 0.6 is 0 Å². The molecule has 0 spiro atoms. The Morgan fingerprint density at radius 3 is 3.06 bits per heavy atom. The van der Waals surface area contributed by atoms with E-state index in [2.05, 4.69) is 22.1 Å². The fourth-order valence-electron chi connectivity index (χ4n) is 3.29. The minimum Gasteiger partial charge on any atom is -0.480 e. The molecule has 2 unspecified atom stereocenters. The lowest BCUT2D eigenvalue weighted by molar-refractivity contribution is -0.140. The van der Waals surface area contributed by atoms with Crippen LogP contribution in [-0.2, 0) is 17.8 Å². The summed E-state index contributed by atoms with van der Waals surface area (Å²) in [7, 11) is 0. The molecule has 3 rings (SSSR count). The first-order valence-electron chi connectivity index (χ1n) is 6.92. The predicted octanol–water partition coefficient (Wildman–Crippen LogP) is 2.09. The van der Waals surface area contributed by atoms with E-state index in [1.54, 1.807) is 0 Å². The van der Waals surface area contributed by atoms with E-state index in [0.29, 0.717) is 0 Å². The molecule has 0 radical (unpaired) electrons. The fourth-order valence-corrected chi connectivity index (χ4v) is 3.29. The number of carboxylic acids is 1. The third-order valence-corrected chi connectivity index (χ3v) is 4.24. The van der Waals surface area contributed by atoms with Gasteiger partial charge in [-0.1, -0.05) is 0 Å². The van der Waals surface area contributed by atoms with Crippen LogP contribution in [0.1, 0.15) is 49.4 Å². The third-order valence-electron chi connectivity index (χ3n) is 4.24. The van der Waals surface area contributed by atoms with Gasteiger partial charge in [-0.15, -0.1) is 0 Å². The summed E-state index contributed by atoms with van der Waals surface area (Å²) in [6.07, 6.45) is 8.62. The molecule has 0 aromatic carbocycles. The van der Waals surface area contributed by atoms with Crippen molar-refractivity contribution in [3.63, 3.8) is 0 Å². The molecule has 2 aliphatic heterocycles. The van der Waals surface area contributed by atoms with Crippen LogP contribution in [-0.4, -0.2) is 21.7 Å². The number of rotatable bonds is 2. The van der Waals surface area contributed by atoms with E-state index in [0.717, 1.165) is 32.2 Å². The zero-order valence-corrected chi connectivity index (χ0v) is 10.6. The molecule has 2 atom stereocenters. The Kier molecular flexibility index (Phi) is 3.12. The van der Waals surface area contributed by atoms with Crippen molar-refractivity contribution in [2.75, 3.05) is 0 Å². The molecule has 0 saturated carbocycles. The number of aryl methyl sites for hydroxylation is 1. The Morgan fingerprint density at radius 1 is 1.33 bits per heavy atom. The number of carboxylic acid groups (broad SMARTS) is 1. The molecular weight excluding hydrogens is 228 g/mol. The number of piperidine rings is 1. The molecule has 1 saturated heterocycles. The number of hydrogen-bond acceptors (Lipinski definition) is 2. The van der Waals surface area contributed by atoms with Crippen LogP contribution in [0.15, 0.2) is 12.3 Å². The van der Waals surface area contributed by atoms with Crippen LogP contribution in [0.4, 0.5) is 0 Å². The summed E-state index contributed by atoms with van der Waals surface area (Å²) >= 11 is 0. The first kappa shape index (κ1) is 11.8. The second-order valence-electron chi connectivity index (χ2n) is 5.41. The predicted molar refractivity (Wildman–Crippen MR) is 68.5 cm³/mol. The number of nitrogens with one attached hydrogen (secondary N) is 1. The summed E-state index contributed by atoms with van der Waals surface area (Å²) in [6.45, 7) is 1.12. The minimum absolute atomic E-state index is 0.231. The second-order valence-corrected chi connectivity index (χ2v) is 5.41. The molecule has 3 heterocycles. The van der Waals surface area contributed by atoms with Crippen molar-refractivity contribution in [1.29, 1.82) is 0 Å². The minimum atomic E-state index is -0.715. The van der Waals surface area contributed by atoms with Crippen molar-refractivity contribution in [2.45, 2.75) is 57.2 Å². The average molecular weight is 248 g/mol. The number of aromatic nitrogens is 1. The van der Waals surface area contributed by atoms with E-state index in [1.165, 1.54) is 24.1 Å². The molecule has 1 aromatic heterocycles. The lowest BCUT2D eigenvalue weighted by atomic mass is 9.92. The Bertz CT molecular complexity index is 453. The van der Waals surface area contributed by atoms with E-state index in [1.807, 2.05) is 0 Å². The zero-order valence-electron chi connectivity index (χ0n) is 10.6. The van der Waals surface area contributed by atoms with Gasteiger partial charge in [0.2, 0.25) is 0 Å². The number of hydrogen-bond donors (Lipinski definition) is 2. The van der Waals surface area contributed by atoms with E-state index < -0.39 is 5.97 Å². The summed E-state index contributed by atoms with van der Waals surface area (Å²) in [5.41, 5.74) is 2.76. The van der Waals surface area contributed by atoms with Crippen molar-refractivity contribution in [1.82, 2.24) is 9.88 Å². The summed E-state index contributed by atoms with van der Waals surface area (Å²) in [5, 5.41) is 12.4. The topological polar surface area (TPSA) is 54.3 Å². The quantitative estimate of drug-likeness (QED) is 0.842. The van der Waals surface area contributed by atoms with E-state index in [9.17, 15) is 4.79 Å². The normalized spacial score (nSPS) is 27.8. The van der Waals surface area contributed by atoms with Crippen molar-refractivity contribution >= 4 is 5.97 Å². The first-order valence-corrected chi connectivity index (χ1v) is 6.92. The Morgan fingerprint density at radius 2 is 2.22 bits per heavy atom. The number of carbonyl (C=O) groups is 1. The molecule has 1 fully saturated rings. The van der Waals surface area contributed by atoms with Gasteiger partial charge in [0, 0.05) is 24.5 Å². The van der Waals surface area contributed by atoms with Crippen molar-refractivity contribution in [3.05, 3.63) is 23.5 Å². The molecule has 18 heavy (non-hydrogen) atoms. The molecule has 0 amide bonds. The van der Waals surface area contributed by atoms with Gasteiger partial charge in [-0.05, 0) is 50.2 Å². The largest absolute Gasteiger partial charge is 0.480 e.